The van der Waals surface area contributed by atoms with Crippen LogP contribution < -0.4 is 5.73 Å². The largest absolute Gasteiger partial charge is 0.344 e. The second-order valence-corrected chi connectivity index (χ2v) is 5.77. The van der Waals surface area contributed by atoms with Crippen LogP contribution in [0.2, 0.25) is 0 Å². The van der Waals surface area contributed by atoms with Crippen molar-refractivity contribution in [1.82, 2.24) is 9.80 Å². The average Bonchev–Trinajstić information content (AvgIpc) is 2.38. The van der Waals surface area contributed by atoms with Gasteiger partial charge in [0.05, 0.1) is 12.6 Å². The summed E-state index contributed by atoms with van der Waals surface area (Å²) in [5.41, 5.74) is 5.66. The summed E-state index contributed by atoms with van der Waals surface area (Å²) in [5.74, 6) is -0.141. The molecule has 98 valence electrons. The second kappa shape index (κ2) is 5.04. The standard InChI is InChI=1S/C12H23N3O2/c1-12(2,3)10(13)11(17)15-7-5-6-14(4)9(16)8-15/h10H,5-8,13H2,1-4H3. The van der Waals surface area contributed by atoms with Crippen molar-refractivity contribution >= 4 is 11.8 Å². The lowest BCUT2D eigenvalue weighted by Crippen LogP contribution is -2.51. The number of hydrogen-bond acceptors (Lipinski definition) is 3. The quantitative estimate of drug-likeness (QED) is 0.705. The number of hydrogen-bond donors (Lipinski definition) is 1. The number of amides is 2. The van der Waals surface area contributed by atoms with Crippen molar-refractivity contribution in [3.8, 4) is 0 Å². The second-order valence-electron chi connectivity index (χ2n) is 5.77. The van der Waals surface area contributed by atoms with Crippen molar-refractivity contribution in [3.05, 3.63) is 0 Å². The zero-order chi connectivity index (χ0) is 13.2. The monoisotopic (exact) mass is 241 g/mol. The minimum absolute atomic E-state index is 0.0167. The van der Waals surface area contributed by atoms with Gasteiger partial charge in [0.15, 0.2) is 0 Å². The molecule has 1 heterocycles. The summed E-state index contributed by atoms with van der Waals surface area (Å²) in [4.78, 5) is 27.1. The topological polar surface area (TPSA) is 66.6 Å². The highest BCUT2D eigenvalue weighted by Gasteiger charge is 2.33. The SMILES string of the molecule is CN1CCCN(C(=O)C(N)C(C)(C)C)CC1=O. The van der Waals surface area contributed by atoms with Gasteiger partial charge in [0.25, 0.3) is 0 Å². The first kappa shape index (κ1) is 14.0. The Bertz CT molecular complexity index is 309. The normalized spacial score (nSPS) is 20.2. The van der Waals surface area contributed by atoms with E-state index in [4.69, 9.17) is 5.73 Å². The molecule has 2 amide bonds. The zero-order valence-corrected chi connectivity index (χ0v) is 11.2. The fourth-order valence-electron chi connectivity index (χ4n) is 1.74. The summed E-state index contributed by atoms with van der Waals surface area (Å²) < 4.78 is 0. The number of nitrogens with zero attached hydrogens (tertiary/aromatic N) is 2. The fraction of sp³-hybridized carbons (Fsp3) is 0.833. The Labute approximate surface area is 103 Å². The van der Waals surface area contributed by atoms with E-state index in [0.717, 1.165) is 6.42 Å². The lowest BCUT2D eigenvalue weighted by atomic mass is 9.86. The molecule has 0 spiro atoms. The molecule has 1 rings (SSSR count). The maximum Gasteiger partial charge on any atom is 0.241 e. The fourth-order valence-corrected chi connectivity index (χ4v) is 1.74. The van der Waals surface area contributed by atoms with Crippen LogP contribution in [0.5, 0.6) is 0 Å². The highest BCUT2D eigenvalue weighted by atomic mass is 16.2. The molecular formula is C12H23N3O2. The van der Waals surface area contributed by atoms with Crippen LogP contribution in [0.15, 0.2) is 0 Å². The number of likely N-dealkylation sites (N-methyl/N-ethyl adjacent to an activating group) is 1. The average molecular weight is 241 g/mol. The smallest absolute Gasteiger partial charge is 0.241 e. The van der Waals surface area contributed by atoms with Crippen molar-refractivity contribution in [1.29, 1.82) is 0 Å². The van der Waals surface area contributed by atoms with Crippen LogP contribution in [0.25, 0.3) is 0 Å². The molecule has 1 aliphatic rings. The van der Waals surface area contributed by atoms with Gasteiger partial charge in [-0.1, -0.05) is 20.8 Å². The van der Waals surface area contributed by atoms with Crippen LogP contribution in [0.4, 0.5) is 0 Å². The van der Waals surface area contributed by atoms with Gasteiger partial charge in [-0.05, 0) is 11.8 Å². The lowest BCUT2D eigenvalue weighted by molar-refractivity contribution is -0.140. The molecule has 0 aliphatic carbocycles. The van der Waals surface area contributed by atoms with Crippen LogP contribution in [-0.4, -0.2) is 54.3 Å². The summed E-state index contributed by atoms with van der Waals surface area (Å²) in [6.45, 7) is 7.26. The number of carbonyl (C=O) groups is 2. The van der Waals surface area contributed by atoms with Gasteiger partial charge in [0.1, 0.15) is 0 Å². The van der Waals surface area contributed by atoms with Crippen molar-refractivity contribution in [2.75, 3.05) is 26.7 Å². The molecule has 1 unspecified atom stereocenters. The first-order valence-electron chi connectivity index (χ1n) is 6.02. The van der Waals surface area contributed by atoms with E-state index in [9.17, 15) is 9.59 Å². The van der Waals surface area contributed by atoms with Crippen molar-refractivity contribution in [2.24, 2.45) is 11.1 Å². The molecule has 0 saturated carbocycles. The van der Waals surface area contributed by atoms with Crippen molar-refractivity contribution in [3.63, 3.8) is 0 Å². The maximum absolute atomic E-state index is 12.2. The van der Waals surface area contributed by atoms with Gasteiger partial charge in [-0.25, -0.2) is 0 Å². The first-order valence-corrected chi connectivity index (χ1v) is 6.02. The van der Waals surface area contributed by atoms with Crippen LogP contribution in [-0.2, 0) is 9.59 Å². The van der Waals surface area contributed by atoms with Crippen LogP contribution in [0.3, 0.4) is 0 Å². The van der Waals surface area contributed by atoms with E-state index in [-0.39, 0.29) is 23.8 Å². The summed E-state index contributed by atoms with van der Waals surface area (Å²) in [5, 5.41) is 0. The van der Waals surface area contributed by atoms with Gasteiger partial charge in [0, 0.05) is 20.1 Å². The molecule has 0 radical (unpaired) electrons. The predicted octanol–water partition coefficient (Wildman–Crippen LogP) is 0.0505. The Balaban J connectivity index is 2.72. The van der Waals surface area contributed by atoms with Gasteiger partial charge < -0.3 is 15.5 Å². The van der Waals surface area contributed by atoms with Crippen LogP contribution in [0, 0.1) is 5.41 Å². The zero-order valence-electron chi connectivity index (χ0n) is 11.2. The van der Waals surface area contributed by atoms with E-state index in [1.807, 2.05) is 20.8 Å². The molecular weight excluding hydrogens is 218 g/mol. The van der Waals surface area contributed by atoms with E-state index < -0.39 is 6.04 Å². The predicted molar refractivity (Wildman–Crippen MR) is 66.3 cm³/mol. The molecule has 0 aromatic heterocycles. The molecule has 1 atom stereocenters. The Hall–Kier alpha value is -1.10. The molecule has 1 aliphatic heterocycles. The molecule has 0 aromatic carbocycles. The molecule has 2 N–H and O–H groups in total. The maximum atomic E-state index is 12.2. The van der Waals surface area contributed by atoms with E-state index >= 15 is 0 Å². The number of rotatable bonds is 1. The van der Waals surface area contributed by atoms with Gasteiger partial charge in [-0.15, -0.1) is 0 Å². The van der Waals surface area contributed by atoms with Crippen LogP contribution >= 0.6 is 0 Å². The van der Waals surface area contributed by atoms with Gasteiger partial charge in [0.2, 0.25) is 11.8 Å². The van der Waals surface area contributed by atoms with Crippen LogP contribution in [0.1, 0.15) is 27.2 Å². The summed E-state index contributed by atoms with van der Waals surface area (Å²) in [6.07, 6.45) is 0.810. The van der Waals surface area contributed by atoms with E-state index in [1.165, 1.54) is 0 Å². The third-order valence-corrected chi connectivity index (χ3v) is 3.18. The Kier molecular flexibility index (Phi) is 4.14. The number of carbonyl (C=O) groups excluding carboxylic acids is 2. The molecule has 17 heavy (non-hydrogen) atoms. The Morgan fingerprint density at radius 3 is 2.47 bits per heavy atom. The summed E-state index contributed by atoms with van der Waals surface area (Å²) >= 11 is 0. The highest BCUT2D eigenvalue weighted by Crippen LogP contribution is 2.19. The minimum Gasteiger partial charge on any atom is -0.344 e. The third-order valence-electron chi connectivity index (χ3n) is 3.18. The van der Waals surface area contributed by atoms with E-state index in [0.29, 0.717) is 13.1 Å². The molecule has 0 aromatic rings. The van der Waals surface area contributed by atoms with E-state index in [2.05, 4.69) is 0 Å². The molecule has 0 bridgehead atoms. The molecule has 5 heteroatoms. The molecule has 5 nitrogen and oxygen atoms in total. The Morgan fingerprint density at radius 2 is 1.94 bits per heavy atom. The van der Waals surface area contributed by atoms with Crippen molar-refractivity contribution < 1.29 is 9.59 Å². The Morgan fingerprint density at radius 1 is 1.35 bits per heavy atom. The molecule has 1 saturated heterocycles. The molecule has 1 fully saturated rings. The first-order chi connectivity index (χ1) is 7.73. The summed E-state index contributed by atoms with van der Waals surface area (Å²) in [7, 11) is 1.76. The third kappa shape index (κ3) is 3.43. The van der Waals surface area contributed by atoms with Crippen molar-refractivity contribution in [2.45, 2.75) is 33.2 Å². The summed E-state index contributed by atoms with van der Waals surface area (Å²) in [6, 6.07) is -0.557. The van der Waals surface area contributed by atoms with E-state index in [1.54, 1.807) is 16.8 Å². The highest BCUT2D eigenvalue weighted by molar-refractivity contribution is 5.88. The van der Waals surface area contributed by atoms with Gasteiger partial charge in [-0.2, -0.15) is 0 Å². The van der Waals surface area contributed by atoms with Gasteiger partial charge in [-0.3, -0.25) is 9.59 Å². The van der Waals surface area contributed by atoms with Gasteiger partial charge >= 0.3 is 0 Å². The minimum atomic E-state index is -0.557. The number of nitrogens with two attached hydrogens (primary N) is 1. The lowest BCUT2D eigenvalue weighted by Gasteiger charge is -2.31.